The Hall–Kier alpha value is -1.13. The lowest BCUT2D eigenvalue weighted by molar-refractivity contribution is 0.102. The molecule has 1 aromatic carbocycles. The molecule has 0 atom stereocenters. The molecule has 1 heterocycles. The van der Waals surface area contributed by atoms with E-state index in [1.54, 1.807) is 6.07 Å². The van der Waals surface area contributed by atoms with E-state index in [1.807, 2.05) is 25.1 Å². The van der Waals surface area contributed by atoms with Gasteiger partial charge in [0.25, 0.3) is 5.91 Å². The summed E-state index contributed by atoms with van der Waals surface area (Å²) >= 11 is 8.21. The lowest BCUT2D eigenvalue weighted by atomic mass is 10.1. The van der Waals surface area contributed by atoms with Crippen LogP contribution in [0, 0.1) is 18.8 Å². The topological polar surface area (TPSA) is 55.1 Å². The zero-order valence-corrected chi connectivity index (χ0v) is 15.2. The highest BCUT2D eigenvalue weighted by Crippen LogP contribution is 2.32. The van der Waals surface area contributed by atoms with Crippen molar-refractivity contribution in [1.29, 1.82) is 0 Å². The van der Waals surface area contributed by atoms with Crippen LogP contribution in [0.5, 0.6) is 0 Å². The highest BCUT2D eigenvalue weighted by atomic mass is 79.9. The number of halogens is 2. The molecule has 1 aromatic heterocycles. The predicted octanol–water partition coefficient (Wildman–Crippen LogP) is 4.14. The molecule has 108 valence electrons. The molecular weight excluding hydrogens is 416 g/mol. The monoisotopic (exact) mass is 426 g/mol. The molecule has 0 aliphatic heterocycles. The highest BCUT2D eigenvalue weighted by Gasteiger charge is 2.15. The Morgan fingerprint density at radius 2 is 2.14 bits per heavy atom. The van der Waals surface area contributed by atoms with Crippen molar-refractivity contribution in [3.05, 3.63) is 48.5 Å². The first kappa shape index (κ1) is 16.2. The van der Waals surface area contributed by atoms with Gasteiger partial charge in [0.1, 0.15) is 0 Å². The second-order valence-corrected chi connectivity index (χ2v) is 8.00. The van der Waals surface area contributed by atoms with Gasteiger partial charge < -0.3 is 11.1 Å². The summed E-state index contributed by atoms with van der Waals surface area (Å²) in [7, 11) is 0. The fraction of sp³-hybridized carbons (Fsp3) is 0.133. The maximum Gasteiger partial charge on any atom is 0.257 e. The Morgan fingerprint density at radius 3 is 2.76 bits per heavy atom. The minimum absolute atomic E-state index is 0.177. The van der Waals surface area contributed by atoms with Crippen LogP contribution in [-0.2, 0) is 0 Å². The minimum atomic E-state index is -0.177. The molecule has 2 aromatic rings. The van der Waals surface area contributed by atoms with Gasteiger partial charge in [-0.25, -0.2) is 0 Å². The summed E-state index contributed by atoms with van der Waals surface area (Å²) in [5, 5.41) is 2.89. The average molecular weight is 428 g/mol. The summed E-state index contributed by atoms with van der Waals surface area (Å²) in [6.45, 7) is 2.26. The highest BCUT2D eigenvalue weighted by molar-refractivity contribution is 9.12. The summed E-state index contributed by atoms with van der Waals surface area (Å²) in [5.41, 5.74) is 8.52. The predicted molar refractivity (Wildman–Crippen MR) is 94.8 cm³/mol. The van der Waals surface area contributed by atoms with Crippen LogP contribution in [0.4, 0.5) is 5.69 Å². The summed E-state index contributed by atoms with van der Waals surface area (Å²) < 4.78 is 1.68. The van der Waals surface area contributed by atoms with Gasteiger partial charge in [-0.2, -0.15) is 0 Å². The zero-order chi connectivity index (χ0) is 15.4. The van der Waals surface area contributed by atoms with Gasteiger partial charge in [0, 0.05) is 5.56 Å². The summed E-state index contributed by atoms with van der Waals surface area (Å²) in [5.74, 6) is 5.62. The molecule has 3 nitrogen and oxygen atoms in total. The molecule has 2 rings (SSSR count). The van der Waals surface area contributed by atoms with Gasteiger partial charge in [-0.15, -0.1) is 11.3 Å². The molecule has 6 heteroatoms. The Labute approximate surface area is 144 Å². The van der Waals surface area contributed by atoms with Crippen molar-refractivity contribution in [3.8, 4) is 11.8 Å². The Bertz CT molecular complexity index is 744. The zero-order valence-electron chi connectivity index (χ0n) is 11.2. The molecule has 1 amide bonds. The number of hydrogen-bond acceptors (Lipinski definition) is 3. The third-order valence-electron chi connectivity index (χ3n) is 2.65. The minimum Gasteiger partial charge on any atom is -0.321 e. The second-order valence-electron chi connectivity index (χ2n) is 4.25. The maximum atomic E-state index is 12.3. The van der Waals surface area contributed by atoms with Crippen molar-refractivity contribution in [2.24, 2.45) is 5.73 Å². The summed E-state index contributed by atoms with van der Waals surface area (Å²) in [6.07, 6.45) is 0. The molecule has 0 saturated heterocycles. The van der Waals surface area contributed by atoms with Gasteiger partial charge in [0.2, 0.25) is 0 Å². The number of nitrogens with one attached hydrogen (secondary N) is 1. The van der Waals surface area contributed by atoms with Gasteiger partial charge >= 0.3 is 0 Å². The van der Waals surface area contributed by atoms with Gasteiger partial charge in [0.05, 0.1) is 25.4 Å². The molecule has 0 spiro atoms. The molecule has 0 aliphatic rings. The average Bonchev–Trinajstić information content (AvgIpc) is 2.78. The Morgan fingerprint density at radius 1 is 1.38 bits per heavy atom. The van der Waals surface area contributed by atoms with Crippen molar-refractivity contribution in [1.82, 2.24) is 0 Å². The third kappa shape index (κ3) is 4.17. The number of nitrogens with two attached hydrogens (primary N) is 1. The number of thiophene rings is 1. The van der Waals surface area contributed by atoms with E-state index in [9.17, 15) is 4.79 Å². The molecular formula is C15H12Br2N2OS. The van der Waals surface area contributed by atoms with Crippen molar-refractivity contribution < 1.29 is 4.79 Å². The smallest absolute Gasteiger partial charge is 0.257 e. The SMILES string of the molecule is Cc1ccc(NC(=O)c2cc(Br)sc2Br)c(C#CCN)c1. The van der Waals surface area contributed by atoms with Crippen LogP contribution in [0.3, 0.4) is 0 Å². The number of hydrogen-bond donors (Lipinski definition) is 2. The van der Waals surface area contributed by atoms with Crippen LogP contribution >= 0.6 is 43.2 Å². The van der Waals surface area contributed by atoms with E-state index >= 15 is 0 Å². The van der Waals surface area contributed by atoms with Crippen LogP contribution < -0.4 is 11.1 Å². The Balaban J connectivity index is 2.31. The summed E-state index contributed by atoms with van der Waals surface area (Å²) in [4.78, 5) is 12.3. The molecule has 0 saturated carbocycles. The van der Waals surface area contributed by atoms with E-state index in [-0.39, 0.29) is 12.5 Å². The fourth-order valence-electron chi connectivity index (χ4n) is 1.70. The van der Waals surface area contributed by atoms with E-state index in [0.717, 1.165) is 18.7 Å². The quantitative estimate of drug-likeness (QED) is 0.707. The molecule has 21 heavy (non-hydrogen) atoms. The van der Waals surface area contributed by atoms with E-state index in [2.05, 4.69) is 49.0 Å². The van der Waals surface area contributed by atoms with Crippen LogP contribution in [-0.4, -0.2) is 12.5 Å². The first-order chi connectivity index (χ1) is 10.0. The molecule has 0 unspecified atom stereocenters. The van der Waals surface area contributed by atoms with Crippen molar-refractivity contribution >= 4 is 54.8 Å². The maximum absolute atomic E-state index is 12.3. The number of anilines is 1. The van der Waals surface area contributed by atoms with Crippen LogP contribution in [0.25, 0.3) is 0 Å². The van der Waals surface area contributed by atoms with Gasteiger partial charge in [-0.3, -0.25) is 4.79 Å². The molecule has 0 radical (unpaired) electrons. The van der Waals surface area contributed by atoms with Crippen LogP contribution in [0.1, 0.15) is 21.5 Å². The first-order valence-electron chi connectivity index (χ1n) is 6.07. The van der Waals surface area contributed by atoms with E-state index < -0.39 is 0 Å². The number of carbonyl (C=O) groups excluding carboxylic acids is 1. The molecule has 0 bridgehead atoms. The largest absolute Gasteiger partial charge is 0.321 e. The number of benzene rings is 1. The number of rotatable bonds is 2. The van der Waals surface area contributed by atoms with Crippen molar-refractivity contribution in [3.63, 3.8) is 0 Å². The summed E-state index contributed by atoms with van der Waals surface area (Å²) in [6, 6.07) is 7.49. The standard InChI is InChI=1S/C15H12Br2N2OS/c1-9-4-5-12(10(7-9)3-2-6-18)19-15(20)11-8-13(16)21-14(11)17/h4-5,7-8H,6,18H2,1H3,(H,19,20). The van der Waals surface area contributed by atoms with E-state index in [0.29, 0.717) is 11.3 Å². The van der Waals surface area contributed by atoms with Gasteiger partial charge in [-0.1, -0.05) is 17.9 Å². The van der Waals surface area contributed by atoms with Crippen molar-refractivity contribution in [2.45, 2.75) is 6.92 Å². The van der Waals surface area contributed by atoms with E-state index in [1.165, 1.54) is 11.3 Å². The third-order valence-corrected chi connectivity index (χ3v) is 4.99. The molecule has 0 aliphatic carbocycles. The number of aryl methyl sites for hydroxylation is 1. The van der Waals surface area contributed by atoms with Crippen LogP contribution in [0.15, 0.2) is 31.8 Å². The fourth-order valence-corrected chi connectivity index (χ4v) is 4.49. The molecule has 0 fully saturated rings. The van der Waals surface area contributed by atoms with Gasteiger partial charge in [-0.05, 0) is 62.5 Å². The Kier molecular flexibility index (Phi) is 5.59. The van der Waals surface area contributed by atoms with Crippen molar-refractivity contribution in [2.75, 3.05) is 11.9 Å². The lowest BCUT2D eigenvalue weighted by Gasteiger charge is -2.08. The number of amides is 1. The van der Waals surface area contributed by atoms with E-state index in [4.69, 9.17) is 5.73 Å². The molecule has 3 N–H and O–H groups in total. The van der Waals surface area contributed by atoms with Gasteiger partial charge in [0.15, 0.2) is 0 Å². The lowest BCUT2D eigenvalue weighted by Crippen LogP contribution is -2.12. The van der Waals surface area contributed by atoms with Crippen LogP contribution in [0.2, 0.25) is 0 Å². The normalized spacial score (nSPS) is 9.90. The number of carbonyl (C=O) groups is 1. The first-order valence-corrected chi connectivity index (χ1v) is 8.47. The second kappa shape index (κ2) is 7.23.